The molecule has 0 radical (unpaired) electrons. The molecule has 0 fully saturated rings. The lowest BCUT2D eigenvalue weighted by molar-refractivity contribution is 0.585. The fourth-order valence-corrected chi connectivity index (χ4v) is 1.98. The summed E-state index contributed by atoms with van der Waals surface area (Å²) in [5.41, 5.74) is 3.79. The van der Waals surface area contributed by atoms with Crippen LogP contribution in [0.1, 0.15) is 32.0 Å². The molecule has 0 unspecified atom stereocenters. The van der Waals surface area contributed by atoms with Crippen LogP contribution < -0.4 is 0 Å². The van der Waals surface area contributed by atoms with E-state index >= 15 is 0 Å². The van der Waals surface area contributed by atoms with Gasteiger partial charge in [-0.3, -0.25) is 0 Å². The highest BCUT2D eigenvalue weighted by molar-refractivity contribution is 5.36. The lowest BCUT2D eigenvalue weighted by Crippen LogP contribution is -2.12. The minimum atomic E-state index is 0.150. The molecule has 0 bridgehead atoms. The normalized spacial score (nSPS) is 11.8. The first-order valence-corrected chi connectivity index (χ1v) is 5.60. The van der Waals surface area contributed by atoms with Crippen molar-refractivity contribution in [3.05, 3.63) is 47.8 Å². The number of nitrogens with zero attached hydrogens (tertiary/aromatic N) is 2. The summed E-state index contributed by atoms with van der Waals surface area (Å²) in [6.07, 6.45) is 1.97. The fraction of sp³-hybridized carbons (Fsp3) is 0.357. The highest BCUT2D eigenvalue weighted by Gasteiger charge is 2.20. The minimum Gasteiger partial charge on any atom is -0.238 e. The summed E-state index contributed by atoms with van der Waals surface area (Å²) < 4.78 is 2.00. The Labute approximate surface area is 96.9 Å². The second kappa shape index (κ2) is 3.78. The zero-order valence-electron chi connectivity index (χ0n) is 10.4. The average molecular weight is 214 g/mol. The molecule has 0 aliphatic rings. The van der Waals surface area contributed by atoms with Crippen molar-refractivity contribution in [2.45, 2.75) is 33.1 Å². The molecule has 2 heteroatoms. The van der Waals surface area contributed by atoms with E-state index in [0.717, 1.165) is 5.69 Å². The van der Waals surface area contributed by atoms with Crippen molar-refractivity contribution in [1.82, 2.24) is 9.78 Å². The monoisotopic (exact) mass is 214 g/mol. The van der Waals surface area contributed by atoms with Gasteiger partial charge in [0.15, 0.2) is 0 Å². The number of benzene rings is 1. The summed E-state index contributed by atoms with van der Waals surface area (Å²) in [6, 6.07) is 10.2. The molecule has 0 atom stereocenters. The van der Waals surface area contributed by atoms with Gasteiger partial charge in [0.1, 0.15) is 0 Å². The molecule has 84 valence electrons. The maximum atomic E-state index is 4.47. The van der Waals surface area contributed by atoms with E-state index in [1.54, 1.807) is 0 Å². The van der Waals surface area contributed by atoms with Gasteiger partial charge in [-0.05, 0) is 30.0 Å². The zero-order chi connectivity index (χ0) is 11.8. The van der Waals surface area contributed by atoms with Crippen LogP contribution in [0.15, 0.2) is 36.5 Å². The fourth-order valence-electron chi connectivity index (χ4n) is 1.98. The summed E-state index contributed by atoms with van der Waals surface area (Å²) in [5, 5.41) is 4.47. The molecule has 1 aromatic heterocycles. The highest BCUT2D eigenvalue weighted by Crippen LogP contribution is 2.26. The van der Waals surface area contributed by atoms with Gasteiger partial charge in [-0.15, -0.1) is 0 Å². The number of hydrogen-bond acceptors (Lipinski definition) is 1. The Morgan fingerprint density at radius 1 is 1.06 bits per heavy atom. The van der Waals surface area contributed by atoms with Gasteiger partial charge in [0.2, 0.25) is 0 Å². The topological polar surface area (TPSA) is 17.8 Å². The van der Waals surface area contributed by atoms with E-state index in [9.17, 15) is 0 Å². The molecule has 0 N–H and O–H groups in total. The first kappa shape index (κ1) is 10.9. The number of aromatic nitrogens is 2. The van der Waals surface area contributed by atoms with Gasteiger partial charge in [-0.1, -0.05) is 39.0 Å². The van der Waals surface area contributed by atoms with E-state index in [-0.39, 0.29) is 5.41 Å². The van der Waals surface area contributed by atoms with Gasteiger partial charge >= 0.3 is 0 Å². The van der Waals surface area contributed by atoms with Crippen LogP contribution in [-0.2, 0) is 5.41 Å². The van der Waals surface area contributed by atoms with Crippen molar-refractivity contribution in [3.8, 4) is 5.69 Å². The van der Waals surface area contributed by atoms with Crippen LogP contribution in [0.2, 0.25) is 0 Å². The molecule has 0 aliphatic heterocycles. The molecule has 2 rings (SSSR count). The van der Waals surface area contributed by atoms with Crippen molar-refractivity contribution >= 4 is 0 Å². The molecule has 0 saturated heterocycles. The molecule has 0 spiro atoms. The van der Waals surface area contributed by atoms with Gasteiger partial charge in [-0.25, -0.2) is 4.68 Å². The van der Waals surface area contributed by atoms with E-state index in [0.29, 0.717) is 0 Å². The zero-order valence-corrected chi connectivity index (χ0v) is 10.4. The third kappa shape index (κ3) is 1.87. The van der Waals surface area contributed by atoms with Gasteiger partial charge in [0, 0.05) is 5.69 Å². The van der Waals surface area contributed by atoms with Crippen molar-refractivity contribution in [2.24, 2.45) is 0 Å². The Kier molecular flexibility index (Phi) is 2.58. The molecule has 0 amide bonds. The molecule has 1 aromatic carbocycles. The Balaban J connectivity index is 2.50. The maximum absolute atomic E-state index is 4.47. The van der Waals surface area contributed by atoms with Crippen LogP contribution >= 0.6 is 0 Å². The quantitative estimate of drug-likeness (QED) is 0.710. The third-order valence-electron chi connectivity index (χ3n) is 2.82. The summed E-state index contributed by atoms with van der Waals surface area (Å²) in [5.74, 6) is 0. The van der Waals surface area contributed by atoms with Gasteiger partial charge < -0.3 is 0 Å². The smallest absolute Gasteiger partial charge is 0.0648 e. The minimum absolute atomic E-state index is 0.150. The largest absolute Gasteiger partial charge is 0.238 e. The number of para-hydroxylation sites is 1. The van der Waals surface area contributed by atoms with Gasteiger partial charge in [0.25, 0.3) is 0 Å². The average Bonchev–Trinajstić information content (AvgIpc) is 2.61. The predicted octanol–water partition coefficient (Wildman–Crippen LogP) is 3.48. The van der Waals surface area contributed by atoms with Crippen LogP contribution in [0.3, 0.4) is 0 Å². The lowest BCUT2D eigenvalue weighted by Gasteiger charge is -2.18. The molecule has 2 nitrogen and oxygen atoms in total. The van der Waals surface area contributed by atoms with Crippen molar-refractivity contribution < 1.29 is 0 Å². The van der Waals surface area contributed by atoms with Crippen molar-refractivity contribution in [3.63, 3.8) is 0 Å². The van der Waals surface area contributed by atoms with E-state index < -0.39 is 0 Å². The molecule has 0 saturated carbocycles. The van der Waals surface area contributed by atoms with E-state index in [4.69, 9.17) is 0 Å². The second-order valence-electron chi connectivity index (χ2n) is 5.14. The van der Waals surface area contributed by atoms with E-state index in [2.05, 4.69) is 44.9 Å². The summed E-state index contributed by atoms with van der Waals surface area (Å²) in [4.78, 5) is 0. The molecular formula is C14H18N2. The third-order valence-corrected chi connectivity index (χ3v) is 2.82. The summed E-state index contributed by atoms with van der Waals surface area (Å²) in [6.45, 7) is 8.77. The predicted molar refractivity (Wildman–Crippen MR) is 67.0 cm³/mol. The SMILES string of the molecule is Cc1c(C(C)(C)C)cnn1-c1ccccc1. The molecular weight excluding hydrogens is 196 g/mol. The molecule has 2 aromatic rings. The summed E-state index contributed by atoms with van der Waals surface area (Å²) >= 11 is 0. The van der Waals surface area contributed by atoms with Gasteiger partial charge in [0.05, 0.1) is 11.9 Å². The number of hydrogen-bond donors (Lipinski definition) is 0. The first-order chi connectivity index (χ1) is 7.50. The molecule has 1 heterocycles. The molecule has 16 heavy (non-hydrogen) atoms. The van der Waals surface area contributed by atoms with E-state index in [1.165, 1.54) is 11.3 Å². The Hall–Kier alpha value is -1.57. The number of rotatable bonds is 1. The molecule has 0 aliphatic carbocycles. The van der Waals surface area contributed by atoms with Crippen LogP contribution in [0.25, 0.3) is 5.69 Å². The Morgan fingerprint density at radius 3 is 2.19 bits per heavy atom. The lowest BCUT2D eigenvalue weighted by atomic mass is 9.87. The van der Waals surface area contributed by atoms with Crippen molar-refractivity contribution in [1.29, 1.82) is 0 Å². The summed E-state index contributed by atoms with van der Waals surface area (Å²) in [7, 11) is 0. The standard InChI is InChI=1S/C14H18N2/c1-11-13(14(2,3)4)10-15-16(11)12-8-6-5-7-9-12/h5-10H,1-4H3. The van der Waals surface area contributed by atoms with Crippen LogP contribution in [0, 0.1) is 6.92 Å². The van der Waals surface area contributed by atoms with Crippen LogP contribution in [0.5, 0.6) is 0 Å². The highest BCUT2D eigenvalue weighted by atomic mass is 15.3. The second-order valence-corrected chi connectivity index (χ2v) is 5.14. The first-order valence-electron chi connectivity index (χ1n) is 5.60. The van der Waals surface area contributed by atoms with Crippen LogP contribution in [-0.4, -0.2) is 9.78 Å². The van der Waals surface area contributed by atoms with Gasteiger partial charge in [-0.2, -0.15) is 5.10 Å². The Morgan fingerprint density at radius 2 is 1.69 bits per heavy atom. The van der Waals surface area contributed by atoms with E-state index in [1.807, 2.05) is 29.1 Å². The van der Waals surface area contributed by atoms with Crippen LogP contribution in [0.4, 0.5) is 0 Å². The van der Waals surface area contributed by atoms with Crippen molar-refractivity contribution in [2.75, 3.05) is 0 Å². The Bertz CT molecular complexity index is 475. The maximum Gasteiger partial charge on any atom is 0.0648 e.